The molecule has 0 bridgehead atoms. The lowest BCUT2D eigenvalue weighted by Gasteiger charge is -1.84. The summed E-state index contributed by atoms with van der Waals surface area (Å²) in [6.45, 7) is 13.6. The molecule has 0 aromatic heterocycles. The summed E-state index contributed by atoms with van der Waals surface area (Å²) in [4.78, 5) is 0. The van der Waals surface area contributed by atoms with Crippen molar-refractivity contribution in [1.82, 2.24) is 0 Å². The molecule has 0 amide bonds. The number of allylic oxidation sites excluding steroid dienone is 2. The van der Waals surface area contributed by atoms with Crippen molar-refractivity contribution in [3.63, 3.8) is 0 Å². The van der Waals surface area contributed by atoms with Gasteiger partial charge in [-0.25, -0.2) is 0 Å². The van der Waals surface area contributed by atoms with Crippen molar-refractivity contribution in [3.8, 4) is 0 Å². The average Bonchev–Trinajstić information content (AvgIpc) is 2.02. The van der Waals surface area contributed by atoms with E-state index in [1.807, 2.05) is 12.2 Å². The maximum atomic E-state index is 3.60. The largest absolute Gasteiger partial charge is 0.103 e. The molecule has 0 heteroatoms. The van der Waals surface area contributed by atoms with Crippen LogP contribution in [0.3, 0.4) is 0 Å². The van der Waals surface area contributed by atoms with Gasteiger partial charge >= 0.3 is 0 Å². The summed E-state index contributed by atoms with van der Waals surface area (Å²) in [5.74, 6) is 0.648. The Morgan fingerprint density at radius 1 is 1.27 bits per heavy atom. The van der Waals surface area contributed by atoms with Crippen LogP contribution in [-0.4, -0.2) is 0 Å². The summed E-state index contributed by atoms with van der Waals surface area (Å²) in [5, 5.41) is 0. The van der Waals surface area contributed by atoms with Crippen molar-refractivity contribution in [2.45, 2.75) is 40.0 Å². The molecular formula is C11H22. The van der Waals surface area contributed by atoms with Crippen molar-refractivity contribution in [2.75, 3.05) is 0 Å². The molecule has 0 aliphatic rings. The highest BCUT2D eigenvalue weighted by Crippen LogP contribution is 1.91. The van der Waals surface area contributed by atoms with E-state index in [4.69, 9.17) is 0 Å². The maximum absolute atomic E-state index is 3.60. The third kappa shape index (κ3) is 26.4. The first kappa shape index (κ1) is 13.1. The zero-order chi connectivity index (χ0) is 9.11. The smallest absolute Gasteiger partial charge is 0.0293 e. The predicted molar refractivity (Wildman–Crippen MR) is 54.8 cm³/mol. The summed E-state index contributed by atoms with van der Waals surface area (Å²) in [7, 11) is 0. The monoisotopic (exact) mass is 154 g/mol. The van der Waals surface area contributed by atoms with Crippen LogP contribution in [0.2, 0.25) is 0 Å². The molecule has 0 aliphatic heterocycles. The highest BCUT2D eigenvalue weighted by atomic mass is 13.8. The predicted octanol–water partition coefficient (Wildman–Crippen LogP) is 4.19. The maximum Gasteiger partial charge on any atom is -0.0293 e. The van der Waals surface area contributed by atoms with E-state index in [0.717, 1.165) is 0 Å². The van der Waals surface area contributed by atoms with Crippen molar-refractivity contribution in [3.05, 3.63) is 25.3 Å². The summed E-state index contributed by atoms with van der Waals surface area (Å²) >= 11 is 0. The van der Waals surface area contributed by atoms with Crippen LogP contribution in [0.15, 0.2) is 25.3 Å². The molecule has 0 saturated heterocycles. The SMILES string of the molecule is C=CC(C)C.C=CCCCC. The molecule has 0 heterocycles. The van der Waals surface area contributed by atoms with Crippen LogP contribution in [-0.2, 0) is 0 Å². The Morgan fingerprint density at radius 3 is 1.82 bits per heavy atom. The first-order chi connectivity index (χ1) is 5.18. The van der Waals surface area contributed by atoms with Crippen LogP contribution in [0, 0.1) is 5.92 Å². The molecule has 11 heavy (non-hydrogen) atoms. The van der Waals surface area contributed by atoms with Gasteiger partial charge in [0.25, 0.3) is 0 Å². The summed E-state index contributed by atoms with van der Waals surface area (Å²) < 4.78 is 0. The number of hydrogen-bond acceptors (Lipinski definition) is 0. The lowest BCUT2D eigenvalue weighted by Crippen LogP contribution is -1.71. The third-order valence-electron chi connectivity index (χ3n) is 1.23. The Labute approximate surface area is 72.0 Å². The van der Waals surface area contributed by atoms with Crippen LogP contribution < -0.4 is 0 Å². The van der Waals surface area contributed by atoms with Gasteiger partial charge in [0.1, 0.15) is 0 Å². The van der Waals surface area contributed by atoms with E-state index < -0.39 is 0 Å². The van der Waals surface area contributed by atoms with E-state index in [0.29, 0.717) is 5.92 Å². The van der Waals surface area contributed by atoms with Gasteiger partial charge in [0.15, 0.2) is 0 Å². The number of rotatable bonds is 4. The molecule has 0 aromatic carbocycles. The molecule has 0 radical (unpaired) electrons. The van der Waals surface area contributed by atoms with Gasteiger partial charge in [-0.15, -0.1) is 13.2 Å². The average molecular weight is 154 g/mol. The zero-order valence-electron chi connectivity index (χ0n) is 8.27. The Balaban J connectivity index is 0. The van der Waals surface area contributed by atoms with Gasteiger partial charge < -0.3 is 0 Å². The van der Waals surface area contributed by atoms with Crippen LogP contribution in [0.1, 0.15) is 40.0 Å². The third-order valence-corrected chi connectivity index (χ3v) is 1.23. The molecule has 0 nitrogen and oxygen atoms in total. The van der Waals surface area contributed by atoms with Crippen molar-refractivity contribution in [2.24, 2.45) is 5.92 Å². The van der Waals surface area contributed by atoms with Crippen LogP contribution in [0.4, 0.5) is 0 Å². The lowest BCUT2D eigenvalue weighted by molar-refractivity contribution is 0.816. The number of hydrogen-bond donors (Lipinski definition) is 0. The molecule has 0 saturated carbocycles. The Bertz CT molecular complexity index is 80.0. The summed E-state index contributed by atoms with van der Waals surface area (Å²) in [6, 6.07) is 0. The van der Waals surface area contributed by atoms with Gasteiger partial charge in [-0.1, -0.05) is 45.8 Å². The van der Waals surface area contributed by atoms with Crippen LogP contribution >= 0.6 is 0 Å². The van der Waals surface area contributed by atoms with Gasteiger partial charge in [0, 0.05) is 0 Å². The van der Waals surface area contributed by atoms with Crippen molar-refractivity contribution >= 4 is 0 Å². The fourth-order valence-electron chi connectivity index (χ4n) is 0.348. The summed E-state index contributed by atoms with van der Waals surface area (Å²) in [6.07, 6.45) is 7.63. The minimum Gasteiger partial charge on any atom is -0.103 e. The van der Waals surface area contributed by atoms with Crippen molar-refractivity contribution in [1.29, 1.82) is 0 Å². The molecule has 0 spiro atoms. The first-order valence-corrected chi connectivity index (χ1v) is 4.42. The zero-order valence-corrected chi connectivity index (χ0v) is 8.27. The second kappa shape index (κ2) is 12.2. The van der Waals surface area contributed by atoms with Crippen LogP contribution in [0.5, 0.6) is 0 Å². The molecule has 0 aromatic rings. The molecule has 0 fully saturated rings. The molecule has 0 aliphatic carbocycles. The molecule has 0 atom stereocenters. The molecule has 0 unspecified atom stereocenters. The fourth-order valence-corrected chi connectivity index (χ4v) is 0.348. The van der Waals surface area contributed by atoms with E-state index >= 15 is 0 Å². The minimum atomic E-state index is 0.648. The van der Waals surface area contributed by atoms with E-state index in [9.17, 15) is 0 Å². The second-order valence-corrected chi connectivity index (χ2v) is 2.91. The van der Waals surface area contributed by atoms with Crippen LogP contribution in [0.25, 0.3) is 0 Å². The first-order valence-electron chi connectivity index (χ1n) is 4.42. The van der Waals surface area contributed by atoms with Gasteiger partial charge in [-0.05, 0) is 12.3 Å². The molecule has 0 rings (SSSR count). The normalized spacial score (nSPS) is 8.36. The van der Waals surface area contributed by atoms with E-state index in [1.54, 1.807) is 0 Å². The van der Waals surface area contributed by atoms with Gasteiger partial charge in [-0.2, -0.15) is 0 Å². The minimum absolute atomic E-state index is 0.648. The highest BCUT2D eigenvalue weighted by Gasteiger charge is 1.73. The molecule has 66 valence electrons. The highest BCUT2D eigenvalue weighted by molar-refractivity contribution is 4.69. The topological polar surface area (TPSA) is 0 Å². The molecule has 0 N–H and O–H groups in total. The van der Waals surface area contributed by atoms with E-state index in [-0.39, 0.29) is 0 Å². The lowest BCUT2D eigenvalue weighted by atomic mass is 10.2. The van der Waals surface area contributed by atoms with Gasteiger partial charge in [0.2, 0.25) is 0 Å². The Morgan fingerprint density at radius 2 is 1.73 bits per heavy atom. The summed E-state index contributed by atoms with van der Waals surface area (Å²) in [5.41, 5.74) is 0. The standard InChI is InChI=1S/C6H12.C5H10/c1-3-5-6-4-2;1-4-5(2)3/h3H,1,4-6H2,2H3;4-5H,1H2,2-3H3. The van der Waals surface area contributed by atoms with E-state index in [2.05, 4.69) is 33.9 Å². The van der Waals surface area contributed by atoms with Crippen molar-refractivity contribution < 1.29 is 0 Å². The van der Waals surface area contributed by atoms with Gasteiger partial charge in [-0.3, -0.25) is 0 Å². The molecular weight excluding hydrogens is 132 g/mol. The van der Waals surface area contributed by atoms with Gasteiger partial charge in [0.05, 0.1) is 0 Å². The Hall–Kier alpha value is -0.520. The quantitative estimate of drug-likeness (QED) is 0.420. The fraction of sp³-hybridized carbons (Fsp3) is 0.636. The van der Waals surface area contributed by atoms with E-state index in [1.165, 1.54) is 19.3 Å². The number of unbranched alkanes of at least 4 members (excludes halogenated alkanes) is 2. The Kier molecular flexibility index (Phi) is 14.5. The second-order valence-electron chi connectivity index (χ2n) is 2.91.